The third kappa shape index (κ3) is 6.53. The van der Waals surface area contributed by atoms with Gasteiger partial charge in [0.05, 0.1) is 5.25 Å². The molecule has 0 spiro atoms. The molecule has 0 radical (unpaired) electrons. The Kier molecular flexibility index (Phi) is 8.25. The maximum atomic E-state index is 12.3. The maximum absolute atomic E-state index is 12.3. The number of hydrogen-bond donors (Lipinski definition) is 2. The van der Waals surface area contributed by atoms with Gasteiger partial charge in [0.15, 0.2) is 5.16 Å². The van der Waals surface area contributed by atoms with Gasteiger partial charge in [-0.1, -0.05) is 62.0 Å². The van der Waals surface area contributed by atoms with Gasteiger partial charge in [0.2, 0.25) is 5.91 Å². The van der Waals surface area contributed by atoms with Crippen molar-refractivity contribution in [3.05, 3.63) is 54.4 Å². The zero-order valence-corrected chi connectivity index (χ0v) is 17.3. The van der Waals surface area contributed by atoms with Crippen LogP contribution in [-0.4, -0.2) is 38.5 Å². The van der Waals surface area contributed by atoms with Crippen molar-refractivity contribution in [2.45, 2.75) is 44.1 Å². The topological polar surface area (TPSA) is 88.9 Å². The van der Waals surface area contributed by atoms with Crippen molar-refractivity contribution in [1.82, 2.24) is 25.4 Å². The Morgan fingerprint density at radius 1 is 1.21 bits per heavy atom. The summed E-state index contributed by atoms with van der Waals surface area (Å²) in [4.78, 5) is 24.1. The molecule has 2 N–H and O–H groups in total. The molecule has 1 atom stereocenters. The molecular formula is C20H27N5O2S. The maximum Gasteiger partial charge on any atom is 0.321 e. The monoisotopic (exact) mass is 401 g/mol. The predicted molar refractivity (Wildman–Crippen MR) is 111 cm³/mol. The summed E-state index contributed by atoms with van der Waals surface area (Å²) in [6, 6.07) is 9.52. The Morgan fingerprint density at radius 2 is 1.93 bits per heavy atom. The van der Waals surface area contributed by atoms with Crippen molar-refractivity contribution in [2.24, 2.45) is 5.92 Å². The van der Waals surface area contributed by atoms with Gasteiger partial charge in [-0.05, 0) is 18.4 Å². The molecule has 2 aromatic rings. The number of rotatable bonds is 9. The Balaban J connectivity index is 2.03. The molecule has 0 aliphatic rings. The summed E-state index contributed by atoms with van der Waals surface area (Å²) in [6.07, 6.45) is 2.41. The number of urea groups is 1. The highest BCUT2D eigenvalue weighted by molar-refractivity contribution is 8.00. The number of amides is 3. The van der Waals surface area contributed by atoms with Gasteiger partial charge in [0.1, 0.15) is 5.82 Å². The van der Waals surface area contributed by atoms with E-state index >= 15 is 0 Å². The lowest BCUT2D eigenvalue weighted by atomic mass is 10.1. The molecule has 1 aromatic heterocycles. The summed E-state index contributed by atoms with van der Waals surface area (Å²) < 4.78 is 1.94. The van der Waals surface area contributed by atoms with Crippen LogP contribution in [-0.2, 0) is 17.8 Å². The molecule has 0 fully saturated rings. The minimum absolute atomic E-state index is 0.313. The van der Waals surface area contributed by atoms with Gasteiger partial charge in [-0.25, -0.2) is 4.79 Å². The molecule has 28 heavy (non-hydrogen) atoms. The first-order valence-electron chi connectivity index (χ1n) is 9.23. The van der Waals surface area contributed by atoms with Crippen molar-refractivity contribution in [3.63, 3.8) is 0 Å². The number of carbonyl (C=O) groups excluding carboxylic acids is 2. The number of allylic oxidation sites excluding steroid dienone is 1. The number of nitrogens with one attached hydrogen (secondary N) is 2. The van der Waals surface area contributed by atoms with E-state index in [0.29, 0.717) is 30.6 Å². The first kappa shape index (κ1) is 21.7. The zero-order chi connectivity index (χ0) is 20.5. The van der Waals surface area contributed by atoms with Crippen LogP contribution in [0, 0.1) is 5.92 Å². The van der Waals surface area contributed by atoms with Crippen LogP contribution in [0.3, 0.4) is 0 Å². The fourth-order valence-electron chi connectivity index (χ4n) is 2.39. The molecule has 8 heteroatoms. The second-order valence-corrected chi connectivity index (χ2v) is 8.12. The van der Waals surface area contributed by atoms with E-state index in [2.05, 4.69) is 27.4 Å². The van der Waals surface area contributed by atoms with E-state index in [1.807, 2.05) is 48.7 Å². The first-order valence-corrected chi connectivity index (χ1v) is 10.1. The summed E-state index contributed by atoms with van der Waals surface area (Å²) in [6.45, 7) is 10.6. The van der Waals surface area contributed by atoms with Crippen LogP contribution in [0.25, 0.3) is 0 Å². The molecule has 1 unspecified atom stereocenters. The number of nitrogens with zero attached hydrogens (tertiary/aromatic N) is 3. The first-order chi connectivity index (χ1) is 13.4. The second-order valence-electron chi connectivity index (χ2n) is 6.81. The van der Waals surface area contributed by atoms with E-state index in [4.69, 9.17) is 0 Å². The summed E-state index contributed by atoms with van der Waals surface area (Å²) in [5.41, 5.74) is 1.13. The quantitative estimate of drug-likeness (QED) is 0.498. The zero-order valence-electron chi connectivity index (χ0n) is 16.5. The summed E-state index contributed by atoms with van der Waals surface area (Å²) in [7, 11) is 0. The van der Waals surface area contributed by atoms with Crippen LogP contribution < -0.4 is 10.6 Å². The number of carbonyl (C=O) groups is 2. The van der Waals surface area contributed by atoms with Crippen molar-refractivity contribution < 1.29 is 9.59 Å². The van der Waals surface area contributed by atoms with E-state index in [1.165, 1.54) is 11.8 Å². The van der Waals surface area contributed by atoms with Crippen LogP contribution in [0.2, 0.25) is 0 Å². The minimum atomic E-state index is -0.498. The Bertz CT molecular complexity index is 804. The van der Waals surface area contributed by atoms with E-state index in [1.54, 1.807) is 13.0 Å². The lowest BCUT2D eigenvalue weighted by Gasteiger charge is -2.13. The lowest BCUT2D eigenvalue weighted by molar-refractivity contribution is -0.119. The Morgan fingerprint density at radius 3 is 2.57 bits per heavy atom. The molecular weight excluding hydrogens is 374 g/mol. The van der Waals surface area contributed by atoms with Crippen molar-refractivity contribution in [3.8, 4) is 0 Å². The number of imide groups is 1. The Labute approximate surface area is 170 Å². The van der Waals surface area contributed by atoms with E-state index in [9.17, 15) is 9.59 Å². The fraction of sp³-hybridized carbons (Fsp3) is 0.400. The average molecular weight is 402 g/mol. The van der Waals surface area contributed by atoms with Crippen LogP contribution in [0.4, 0.5) is 4.79 Å². The number of thioether (sulfide) groups is 1. The molecule has 1 aromatic carbocycles. The summed E-state index contributed by atoms with van der Waals surface area (Å²) in [5.74, 6) is 0.744. The largest absolute Gasteiger partial charge is 0.338 e. The van der Waals surface area contributed by atoms with Crippen LogP contribution in [0.15, 0.2) is 48.1 Å². The number of aromatic nitrogens is 3. The van der Waals surface area contributed by atoms with E-state index in [0.717, 1.165) is 11.4 Å². The molecule has 3 amide bonds. The highest BCUT2D eigenvalue weighted by Gasteiger charge is 2.21. The van der Waals surface area contributed by atoms with Gasteiger partial charge < -0.3 is 9.88 Å². The van der Waals surface area contributed by atoms with Gasteiger partial charge in [-0.15, -0.1) is 16.8 Å². The lowest BCUT2D eigenvalue weighted by Crippen LogP contribution is -2.43. The van der Waals surface area contributed by atoms with E-state index < -0.39 is 11.3 Å². The predicted octanol–water partition coefficient (Wildman–Crippen LogP) is 3.02. The average Bonchev–Trinajstić information content (AvgIpc) is 3.02. The fourth-order valence-corrected chi connectivity index (χ4v) is 3.27. The molecule has 0 aliphatic heterocycles. The summed E-state index contributed by atoms with van der Waals surface area (Å²) >= 11 is 1.27. The number of benzene rings is 1. The highest BCUT2D eigenvalue weighted by atomic mass is 32.2. The van der Waals surface area contributed by atoms with Gasteiger partial charge in [-0.3, -0.25) is 10.1 Å². The molecule has 2 rings (SSSR count). The molecule has 0 aliphatic carbocycles. The molecule has 0 bridgehead atoms. The van der Waals surface area contributed by atoms with Gasteiger partial charge in [0.25, 0.3) is 0 Å². The SMILES string of the molecule is C=CCn1c(Cc2ccccc2)nnc1SC(C)C(=O)NC(=O)NCC(C)C. The highest BCUT2D eigenvalue weighted by Crippen LogP contribution is 2.23. The standard InChI is InChI=1S/C20H27N5O2S/c1-5-11-25-17(12-16-9-7-6-8-10-16)23-24-20(25)28-15(4)18(26)22-19(27)21-13-14(2)3/h5-10,14-15H,1,11-13H2,2-4H3,(H2,21,22,26,27). The molecule has 1 heterocycles. The van der Waals surface area contributed by atoms with Crippen LogP contribution >= 0.6 is 11.8 Å². The molecule has 150 valence electrons. The van der Waals surface area contributed by atoms with Crippen molar-refractivity contribution >= 4 is 23.7 Å². The van der Waals surface area contributed by atoms with Gasteiger partial charge in [0, 0.05) is 19.5 Å². The second kappa shape index (κ2) is 10.7. The van der Waals surface area contributed by atoms with Gasteiger partial charge in [-0.2, -0.15) is 0 Å². The smallest absolute Gasteiger partial charge is 0.321 e. The van der Waals surface area contributed by atoms with Crippen LogP contribution in [0.5, 0.6) is 0 Å². The summed E-state index contributed by atoms with van der Waals surface area (Å²) in [5, 5.41) is 13.7. The molecule has 0 saturated carbocycles. The van der Waals surface area contributed by atoms with Crippen LogP contribution in [0.1, 0.15) is 32.2 Å². The van der Waals surface area contributed by atoms with Gasteiger partial charge >= 0.3 is 6.03 Å². The van der Waals surface area contributed by atoms with E-state index in [-0.39, 0.29) is 5.91 Å². The Hall–Kier alpha value is -2.61. The normalized spacial score (nSPS) is 11.9. The third-order valence-electron chi connectivity index (χ3n) is 3.87. The number of hydrogen-bond acceptors (Lipinski definition) is 5. The molecule has 0 saturated heterocycles. The van der Waals surface area contributed by atoms with Crippen molar-refractivity contribution in [2.75, 3.05) is 6.54 Å². The molecule has 7 nitrogen and oxygen atoms in total. The third-order valence-corrected chi connectivity index (χ3v) is 4.95. The van der Waals surface area contributed by atoms with Crippen molar-refractivity contribution in [1.29, 1.82) is 0 Å². The minimum Gasteiger partial charge on any atom is -0.338 e.